The van der Waals surface area contributed by atoms with E-state index in [1.54, 1.807) is 13.2 Å². The Morgan fingerprint density at radius 2 is 2.04 bits per heavy atom. The molecule has 1 aliphatic heterocycles. The number of benzene rings is 2. The van der Waals surface area contributed by atoms with Crippen molar-refractivity contribution in [3.8, 4) is 16.9 Å². The number of methoxy groups -OCH3 is 1. The summed E-state index contributed by atoms with van der Waals surface area (Å²) in [5, 5.41) is 0. The number of hydrogen-bond donors (Lipinski definition) is 1. The number of ether oxygens (including phenoxy) is 1. The maximum absolute atomic E-state index is 13.6. The molecule has 1 saturated heterocycles. The molecule has 26 heavy (non-hydrogen) atoms. The Hall–Kier alpha value is -1.80. The van der Waals surface area contributed by atoms with Gasteiger partial charge in [-0.25, -0.2) is 4.39 Å². The number of rotatable bonds is 6. The monoisotopic (exact) mass is 378 g/mol. The Bertz CT molecular complexity index is 807. The molecule has 0 amide bonds. The van der Waals surface area contributed by atoms with Crippen LogP contribution in [-0.4, -0.2) is 41.9 Å². The lowest BCUT2D eigenvalue weighted by Gasteiger charge is -2.18. The molecule has 1 fully saturated rings. The summed E-state index contributed by atoms with van der Waals surface area (Å²) in [6, 6.07) is 12.4. The first-order valence-electron chi connectivity index (χ1n) is 8.46. The van der Waals surface area contributed by atoms with E-state index in [9.17, 15) is 13.2 Å². The highest BCUT2D eigenvalue weighted by molar-refractivity contribution is 7.95. The zero-order valence-corrected chi connectivity index (χ0v) is 15.7. The van der Waals surface area contributed by atoms with E-state index in [0.29, 0.717) is 12.3 Å². The minimum Gasteiger partial charge on any atom is -0.598 e. The van der Waals surface area contributed by atoms with E-state index in [4.69, 9.17) is 4.74 Å². The number of hydrogen-bond acceptors (Lipinski definition) is 4. The number of likely N-dealkylation sites (tertiary alicyclic amines) is 1. The summed E-state index contributed by atoms with van der Waals surface area (Å²) in [5.74, 6) is 0.333. The van der Waals surface area contributed by atoms with Gasteiger partial charge < -0.3 is 9.29 Å². The van der Waals surface area contributed by atoms with Crippen LogP contribution in [0.15, 0.2) is 42.5 Å². The zero-order chi connectivity index (χ0) is 18.7. The average molecular weight is 378 g/mol. The van der Waals surface area contributed by atoms with Crippen LogP contribution in [0.4, 0.5) is 4.39 Å². The van der Waals surface area contributed by atoms with Crippen LogP contribution in [0.25, 0.3) is 11.1 Å². The van der Waals surface area contributed by atoms with Crippen molar-refractivity contribution in [1.82, 2.24) is 9.62 Å². The number of nitrogens with zero attached hydrogens (tertiary/aromatic N) is 1. The molecule has 0 bridgehead atoms. The van der Waals surface area contributed by atoms with E-state index >= 15 is 0 Å². The molecule has 3 rings (SSSR count). The van der Waals surface area contributed by atoms with E-state index in [1.165, 1.54) is 18.4 Å². The SMILES string of the molecule is COc1ccc(F)cc1-c1ccc(CN2CCC(N[S+](C)(=O)[O-])C2)cc1. The van der Waals surface area contributed by atoms with Crippen LogP contribution in [-0.2, 0) is 21.2 Å². The van der Waals surface area contributed by atoms with Gasteiger partial charge in [0.05, 0.1) is 13.2 Å². The van der Waals surface area contributed by atoms with E-state index in [1.807, 2.05) is 24.3 Å². The maximum Gasteiger partial charge on any atom is 0.126 e. The Morgan fingerprint density at radius 1 is 1.31 bits per heavy atom. The van der Waals surface area contributed by atoms with Gasteiger partial charge in [-0.3, -0.25) is 4.90 Å². The van der Waals surface area contributed by atoms with Gasteiger partial charge in [0, 0.05) is 25.2 Å². The predicted octanol–water partition coefficient (Wildman–Crippen LogP) is 2.84. The highest BCUT2D eigenvalue weighted by Gasteiger charge is 2.26. The summed E-state index contributed by atoms with van der Waals surface area (Å²) in [4.78, 5) is 2.22. The lowest BCUT2D eigenvalue weighted by atomic mass is 10.0. The van der Waals surface area contributed by atoms with Crippen molar-refractivity contribution in [3.63, 3.8) is 0 Å². The molecule has 0 aromatic heterocycles. The first kappa shape index (κ1) is 19.0. The fourth-order valence-electron chi connectivity index (χ4n) is 3.33. The molecular weight excluding hydrogens is 355 g/mol. The third kappa shape index (κ3) is 4.88. The van der Waals surface area contributed by atoms with Crippen molar-refractivity contribution in [2.45, 2.75) is 19.0 Å². The molecule has 2 unspecified atom stereocenters. The molecule has 1 heterocycles. The van der Waals surface area contributed by atoms with Crippen LogP contribution in [0, 0.1) is 5.82 Å². The van der Waals surface area contributed by atoms with Gasteiger partial charge in [-0.1, -0.05) is 28.5 Å². The first-order chi connectivity index (χ1) is 12.3. The van der Waals surface area contributed by atoms with E-state index in [2.05, 4.69) is 9.62 Å². The Balaban J connectivity index is 1.66. The molecular formula is C19H23FN2O3S. The van der Waals surface area contributed by atoms with Gasteiger partial charge in [-0.05, 0) is 35.7 Å². The predicted molar refractivity (Wildman–Crippen MR) is 100.0 cm³/mol. The van der Waals surface area contributed by atoms with Crippen molar-refractivity contribution in [2.75, 3.05) is 26.5 Å². The van der Waals surface area contributed by atoms with Gasteiger partial charge in [-0.2, -0.15) is 0 Å². The summed E-state index contributed by atoms with van der Waals surface area (Å²) in [6.45, 7) is 2.31. The average Bonchev–Trinajstić information content (AvgIpc) is 3.00. The molecule has 2 aromatic carbocycles. The smallest absolute Gasteiger partial charge is 0.126 e. The second-order valence-electron chi connectivity index (χ2n) is 6.65. The van der Waals surface area contributed by atoms with Gasteiger partial charge in [-0.15, -0.1) is 4.72 Å². The third-order valence-electron chi connectivity index (χ3n) is 4.49. The molecule has 0 aliphatic carbocycles. The Kier molecular flexibility index (Phi) is 5.72. The molecule has 7 heteroatoms. The summed E-state index contributed by atoms with van der Waals surface area (Å²) < 4.78 is 44.2. The van der Waals surface area contributed by atoms with E-state index in [0.717, 1.165) is 36.2 Å². The lowest BCUT2D eigenvalue weighted by molar-refractivity contribution is 0.323. The van der Waals surface area contributed by atoms with Crippen molar-refractivity contribution in [3.05, 3.63) is 53.8 Å². The molecule has 1 aliphatic rings. The topological polar surface area (TPSA) is 64.6 Å². The molecule has 0 saturated carbocycles. The fourth-order valence-corrected chi connectivity index (χ4v) is 4.13. The lowest BCUT2D eigenvalue weighted by Crippen LogP contribution is -2.39. The molecule has 140 valence electrons. The zero-order valence-electron chi connectivity index (χ0n) is 14.9. The molecule has 1 N–H and O–H groups in total. The first-order valence-corrected chi connectivity index (χ1v) is 10.4. The van der Waals surface area contributed by atoms with Gasteiger partial charge in [0.25, 0.3) is 0 Å². The molecule has 0 spiro atoms. The molecule has 2 atom stereocenters. The quantitative estimate of drug-likeness (QED) is 0.785. The number of halogens is 1. The van der Waals surface area contributed by atoms with Crippen LogP contribution in [0.1, 0.15) is 12.0 Å². The Morgan fingerprint density at radius 3 is 2.69 bits per heavy atom. The van der Waals surface area contributed by atoms with Crippen LogP contribution in [0.2, 0.25) is 0 Å². The van der Waals surface area contributed by atoms with Crippen molar-refractivity contribution in [2.24, 2.45) is 0 Å². The second kappa shape index (κ2) is 7.84. The van der Waals surface area contributed by atoms with Crippen molar-refractivity contribution >= 4 is 10.4 Å². The highest BCUT2D eigenvalue weighted by Crippen LogP contribution is 2.31. The minimum absolute atomic E-state index is 0.0270. The van der Waals surface area contributed by atoms with Crippen LogP contribution >= 0.6 is 0 Å². The Labute approximate surface area is 154 Å². The number of sulfonamides is 1. The fraction of sp³-hybridized carbons (Fsp3) is 0.368. The van der Waals surface area contributed by atoms with Crippen molar-refractivity contribution in [1.29, 1.82) is 0 Å². The maximum atomic E-state index is 13.6. The molecule has 0 radical (unpaired) electrons. The van der Waals surface area contributed by atoms with E-state index in [-0.39, 0.29) is 11.9 Å². The minimum atomic E-state index is -3.17. The summed E-state index contributed by atoms with van der Waals surface area (Å²) in [6.07, 6.45) is 2.00. The standard InChI is InChI=1S/C19H23FN2O3S/c1-25-19-8-7-16(20)11-18(19)15-5-3-14(4-6-15)12-22-10-9-17(13-22)21-26(2,23)24/h3-8,11,17H,9-10,12-13H2,1-2H3,(H-,21,23,24). The van der Waals surface area contributed by atoms with E-state index < -0.39 is 10.4 Å². The van der Waals surface area contributed by atoms with Gasteiger partial charge in [0.1, 0.15) is 28.2 Å². The van der Waals surface area contributed by atoms with Crippen LogP contribution < -0.4 is 9.46 Å². The van der Waals surface area contributed by atoms with Gasteiger partial charge >= 0.3 is 0 Å². The molecule has 5 nitrogen and oxygen atoms in total. The second-order valence-corrected chi connectivity index (χ2v) is 8.43. The summed E-state index contributed by atoms with van der Waals surface area (Å²) >= 11 is 0. The number of nitrogens with one attached hydrogen (secondary N) is 1. The van der Waals surface area contributed by atoms with Gasteiger partial charge in [0.2, 0.25) is 0 Å². The molecule has 2 aromatic rings. The highest BCUT2D eigenvalue weighted by atomic mass is 32.3. The largest absolute Gasteiger partial charge is 0.598 e. The summed E-state index contributed by atoms with van der Waals surface area (Å²) in [7, 11) is -1.60. The van der Waals surface area contributed by atoms with Crippen LogP contribution in [0.5, 0.6) is 5.75 Å². The third-order valence-corrected chi connectivity index (χ3v) is 5.25. The van der Waals surface area contributed by atoms with Gasteiger partial charge in [0.15, 0.2) is 0 Å². The normalized spacial score (nSPS) is 20.1. The van der Waals surface area contributed by atoms with Crippen LogP contribution in [0.3, 0.4) is 0 Å². The van der Waals surface area contributed by atoms with Crippen molar-refractivity contribution < 1.29 is 17.9 Å². The summed E-state index contributed by atoms with van der Waals surface area (Å²) in [5.41, 5.74) is 2.74.